The molecule has 0 spiro atoms. The summed E-state index contributed by atoms with van der Waals surface area (Å²) in [4.78, 5) is 73.1. The maximum Gasteiger partial charge on any atom is 0.472 e. The van der Waals surface area contributed by atoms with E-state index in [9.17, 15) is 43.2 Å². The number of aliphatic hydroxyl groups excluding tert-OH is 1. The Bertz CT molecular complexity index is 2760. The van der Waals surface area contributed by atoms with Crippen molar-refractivity contribution in [2.24, 2.45) is 0 Å². The molecule has 0 amide bonds. The van der Waals surface area contributed by atoms with E-state index in [1.165, 1.54) is 25.7 Å². The van der Waals surface area contributed by atoms with Crippen LogP contribution in [0.1, 0.15) is 297 Å². The quantitative estimate of drug-likeness (QED) is 0.0169. The van der Waals surface area contributed by atoms with Crippen molar-refractivity contribution >= 4 is 39.5 Å². The number of rotatable bonds is 75. The number of allylic oxidation sites excluding steroid dienone is 30. The molecule has 0 rings (SSSR count). The molecule has 0 saturated heterocycles. The van der Waals surface area contributed by atoms with Crippen molar-refractivity contribution in [3.05, 3.63) is 182 Å². The molecule has 0 aliphatic carbocycles. The van der Waals surface area contributed by atoms with Gasteiger partial charge in [-0.25, -0.2) is 9.13 Å². The molecule has 612 valence electrons. The standard InChI is InChI=1S/C89H144O17P2/c1-5-9-13-17-21-25-29-33-36-39-41-44-47-51-54-58-62-66-70-74-87(92)100-80-85(106-89(94)76-72-68-64-60-56-52-48-45-42-40-37-34-30-26-22-18-14-10-6-2)82-104-108(97,98)102-78-83(90)77-101-107(95,96)103-81-84(105-88(93)75-71-67-63-59-55-49-32-28-24-20-16-12-8-4)79-99-86(91)73-69-65-61-57-53-50-46-43-38-35-31-27-23-19-15-11-7-3/h9-11,13-15,21-23,25-28,32-38,41-42,44-46,50-52,54,56,83-85,90H,5-8,12,16-20,24,29-31,39-40,43,47-49,53,55,57-82H2,1-4H3,(H,95,96)(H,97,98)/b13-9-,14-10-,15-11-,25-21-,26-22-,27-23-,32-28-,36-33-,37-34-,38-35-,44-41-,45-42-,50-46-,54-51-,56-52-. The first-order chi connectivity index (χ1) is 52.7. The summed E-state index contributed by atoms with van der Waals surface area (Å²) in [6.45, 7) is 4.39. The topological polar surface area (TPSA) is 237 Å². The number of hydrogen-bond acceptors (Lipinski definition) is 15. The van der Waals surface area contributed by atoms with E-state index in [0.717, 1.165) is 193 Å². The highest BCUT2D eigenvalue weighted by molar-refractivity contribution is 7.47. The van der Waals surface area contributed by atoms with Crippen LogP contribution in [0, 0.1) is 0 Å². The largest absolute Gasteiger partial charge is 0.472 e. The highest BCUT2D eigenvalue weighted by atomic mass is 31.2. The van der Waals surface area contributed by atoms with Gasteiger partial charge in [0.25, 0.3) is 0 Å². The molecular weight excluding hydrogens is 1400 g/mol. The van der Waals surface area contributed by atoms with Gasteiger partial charge >= 0.3 is 39.5 Å². The van der Waals surface area contributed by atoms with Gasteiger partial charge < -0.3 is 33.8 Å². The zero-order valence-corrected chi connectivity index (χ0v) is 68.7. The van der Waals surface area contributed by atoms with Gasteiger partial charge in [-0.1, -0.05) is 274 Å². The highest BCUT2D eigenvalue weighted by Crippen LogP contribution is 2.45. The van der Waals surface area contributed by atoms with Gasteiger partial charge in [-0.3, -0.25) is 37.3 Å². The predicted octanol–water partition coefficient (Wildman–Crippen LogP) is 24.3. The van der Waals surface area contributed by atoms with E-state index in [2.05, 4.69) is 210 Å². The number of hydrogen-bond donors (Lipinski definition) is 3. The summed E-state index contributed by atoms with van der Waals surface area (Å²) in [5, 5.41) is 10.7. The molecule has 0 fully saturated rings. The Morgan fingerprint density at radius 2 is 0.481 bits per heavy atom. The maximum atomic E-state index is 13.1. The number of phosphoric ester groups is 2. The van der Waals surface area contributed by atoms with E-state index < -0.39 is 97.5 Å². The Morgan fingerprint density at radius 3 is 0.759 bits per heavy atom. The fourth-order valence-electron chi connectivity index (χ4n) is 10.2. The number of ether oxygens (including phenoxy) is 4. The third-order valence-corrected chi connectivity index (χ3v) is 18.2. The normalized spacial score (nSPS) is 14.8. The molecular formula is C89H144O17P2. The van der Waals surface area contributed by atoms with Crippen LogP contribution in [0.15, 0.2) is 182 Å². The highest BCUT2D eigenvalue weighted by Gasteiger charge is 2.30. The second-order valence-electron chi connectivity index (χ2n) is 26.6. The number of phosphoric acid groups is 2. The van der Waals surface area contributed by atoms with E-state index in [4.69, 9.17) is 37.0 Å². The first kappa shape index (κ1) is 102. The van der Waals surface area contributed by atoms with Crippen molar-refractivity contribution in [3.63, 3.8) is 0 Å². The summed E-state index contributed by atoms with van der Waals surface area (Å²) in [7, 11) is -10.0. The van der Waals surface area contributed by atoms with Gasteiger partial charge in [-0.15, -0.1) is 0 Å². The molecule has 5 unspecified atom stereocenters. The van der Waals surface area contributed by atoms with Crippen molar-refractivity contribution in [2.75, 3.05) is 39.6 Å². The van der Waals surface area contributed by atoms with Crippen molar-refractivity contribution in [2.45, 2.75) is 316 Å². The number of esters is 4. The zero-order chi connectivity index (χ0) is 78.9. The zero-order valence-electron chi connectivity index (χ0n) is 66.9. The number of carbonyl (C=O) groups excluding carboxylic acids is 4. The third-order valence-electron chi connectivity index (χ3n) is 16.3. The molecule has 108 heavy (non-hydrogen) atoms. The van der Waals surface area contributed by atoms with E-state index in [-0.39, 0.29) is 25.7 Å². The summed E-state index contributed by atoms with van der Waals surface area (Å²) in [5.74, 6) is -2.30. The second kappa shape index (κ2) is 79.3. The SMILES string of the molecule is CC/C=C\C/C=C\C/C=C\C/C=C\C/C=C\CCCCCC(=O)OCC(COP(=O)(O)OCC(O)COP(=O)(O)OCC(COC(=O)CCCCCC/C=C\C/C=C\C/C=C\C/C=C\CC)OC(=O)CCCCCCC/C=C\CCCCCC)OC(=O)CCCCC/C=C\C/C=C\C/C=C\C/C=C\C/C=C\CC. The van der Waals surface area contributed by atoms with Gasteiger partial charge in [0.1, 0.15) is 19.3 Å². The minimum Gasteiger partial charge on any atom is -0.462 e. The lowest BCUT2D eigenvalue weighted by Gasteiger charge is -2.21. The van der Waals surface area contributed by atoms with Crippen LogP contribution >= 0.6 is 15.6 Å². The summed E-state index contributed by atoms with van der Waals surface area (Å²) in [5.41, 5.74) is 0. The molecule has 17 nitrogen and oxygen atoms in total. The van der Waals surface area contributed by atoms with Gasteiger partial charge in [0.15, 0.2) is 12.2 Å². The molecule has 0 radical (unpaired) electrons. The van der Waals surface area contributed by atoms with Crippen molar-refractivity contribution in [1.82, 2.24) is 0 Å². The molecule has 0 aliphatic rings. The van der Waals surface area contributed by atoms with Crippen molar-refractivity contribution in [1.29, 1.82) is 0 Å². The summed E-state index contributed by atoms with van der Waals surface area (Å²) < 4.78 is 68.6. The van der Waals surface area contributed by atoms with E-state index in [1.54, 1.807) is 0 Å². The Hall–Kier alpha value is -5.84. The molecule has 0 aromatic rings. The monoisotopic (exact) mass is 1550 g/mol. The molecule has 0 heterocycles. The fraction of sp³-hybridized carbons (Fsp3) is 0.618. The number of unbranched alkanes of at least 4 members (excludes halogenated alkanes) is 19. The molecule has 0 aromatic carbocycles. The van der Waals surface area contributed by atoms with Crippen LogP contribution in [0.2, 0.25) is 0 Å². The average Bonchev–Trinajstić information content (AvgIpc) is 0.892. The minimum absolute atomic E-state index is 0.0402. The maximum absolute atomic E-state index is 13.1. The van der Waals surface area contributed by atoms with Crippen LogP contribution in [0.5, 0.6) is 0 Å². The van der Waals surface area contributed by atoms with Gasteiger partial charge in [0.05, 0.1) is 26.4 Å². The van der Waals surface area contributed by atoms with Gasteiger partial charge in [-0.05, 0) is 180 Å². The van der Waals surface area contributed by atoms with E-state index in [0.29, 0.717) is 25.7 Å². The lowest BCUT2D eigenvalue weighted by molar-refractivity contribution is -0.161. The van der Waals surface area contributed by atoms with Gasteiger partial charge in [-0.2, -0.15) is 0 Å². The van der Waals surface area contributed by atoms with Crippen LogP contribution in [0.25, 0.3) is 0 Å². The molecule has 0 aliphatic heterocycles. The van der Waals surface area contributed by atoms with Crippen LogP contribution in [-0.4, -0.2) is 96.7 Å². The Kier molecular flexibility index (Phi) is 75.0. The second-order valence-corrected chi connectivity index (χ2v) is 29.5. The minimum atomic E-state index is -5.01. The summed E-state index contributed by atoms with van der Waals surface area (Å²) >= 11 is 0. The van der Waals surface area contributed by atoms with Gasteiger partial charge in [0.2, 0.25) is 0 Å². The third kappa shape index (κ3) is 78.3. The van der Waals surface area contributed by atoms with Crippen LogP contribution in [0.4, 0.5) is 0 Å². The fourth-order valence-corrected chi connectivity index (χ4v) is 11.8. The van der Waals surface area contributed by atoms with E-state index in [1.807, 2.05) is 0 Å². The predicted molar refractivity (Wildman–Crippen MR) is 445 cm³/mol. The molecule has 5 atom stereocenters. The summed E-state index contributed by atoms with van der Waals surface area (Å²) in [6.07, 6.45) is 95.8. The lowest BCUT2D eigenvalue weighted by Crippen LogP contribution is -2.30. The van der Waals surface area contributed by atoms with E-state index >= 15 is 0 Å². The lowest BCUT2D eigenvalue weighted by atomic mass is 10.1. The van der Waals surface area contributed by atoms with Crippen molar-refractivity contribution in [3.8, 4) is 0 Å². The first-order valence-corrected chi connectivity index (χ1v) is 44.0. The Labute approximate surface area is 654 Å². The number of carbonyl (C=O) groups is 4. The van der Waals surface area contributed by atoms with Crippen LogP contribution in [0.3, 0.4) is 0 Å². The van der Waals surface area contributed by atoms with Crippen LogP contribution in [-0.2, 0) is 65.4 Å². The summed E-state index contributed by atoms with van der Waals surface area (Å²) in [6, 6.07) is 0. The van der Waals surface area contributed by atoms with Gasteiger partial charge in [0, 0.05) is 25.7 Å². The Morgan fingerprint density at radius 1 is 0.269 bits per heavy atom. The van der Waals surface area contributed by atoms with Crippen LogP contribution < -0.4 is 0 Å². The average molecular weight is 1550 g/mol. The smallest absolute Gasteiger partial charge is 0.462 e. The Balaban J connectivity index is 5.48. The number of aliphatic hydroxyl groups is 1. The molecule has 0 saturated carbocycles. The molecule has 0 bridgehead atoms. The molecule has 19 heteroatoms. The van der Waals surface area contributed by atoms with Crippen molar-refractivity contribution < 1.29 is 80.2 Å². The molecule has 3 N–H and O–H groups in total. The molecule has 0 aromatic heterocycles. The first-order valence-electron chi connectivity index (χ1n) is 41.0.